The zero-order valence-electron chi connectivity index (χ0n) is 30.6. The third kappa shape index (κ3) is 7.16. The van der Waals surface area contributed by atoms with Crippen LogP contribution in [0.4, 0.5) is 5.69 Å². The van der Waals surface area contributed by atoms with Gasteiger partial charge in [-0.25, -0.2) is 4.21 Å². The Kier molecular flexibility index (Phi) is 10.6. The van der Waals surface area contributed by atoms with Crippen LogP contribution >= 0.6 is 11.6 Å². The summed E-state index contributed by atoms with van der Waals surface area (Å²) in [6.07, 6.45) is 12.0. The topological polar surface area (TPSA) is 115 Å². The number of rotatable bonds is 6. The quantitative estimate of drug-likeness (QED) is 0.268. The zero-order valence-corrected chi connectivity index (χ0v) is 32.1. The fourth-order valence-corrected chi connectivity index (χ4v) is 10.6. The summed E-state index contributed by atoms with van der Waals surface area (Å²) < 4.78 is 36.5. The highest BCUT2D eigenvalue weighted by Crippen LogP contribution is 2.49. The number of nitrogens with zero attached hydrogens (tertiary/aromatic N) is 4. The molecule has 0 radical (unpaired) electrons. The van der Waals surface area contributed by atoms with E-state index in [-0.39, 0.29) is 35.8 Å². The second-order valence-electron chi connectivity index (χ2n) is 15.0. The molecule has 1 aromatic heterocycles. The Morgan fingerprint density at radius 3 is 2.77 bits per heavy atom. The van der Waals surface area contributed by atoms with Crippen LogP contribution in [0.3, 0.4) is 0 Å². The first-order valence-electron chi connectivity index (χ1n) is 18.7. The van der Waals surface area contributed by atoms with E-state index in [9.17, 15) is 13.8 Å². The lowest BCUT2D eigenvalue weighted by Crippen LogP contribution is -2.56. The van der Waals surface area contributed by atoms with Crippen molar-refractivity contribution >= 4 is 39.0 Å². The third-order valence-corrected chi connectivity index (χ3v) is 14.5. The van der Waals surface area contributed by atoms with Gasteiger partial charge in [0.05, 0.1) is 29.3 Å². The van der Waals surface area contributed by atoms with Crippen LogP contribution in [0.25, 0.3) is 0 Å². The van der Waals surface area contributed by atoms with Crippen molar-refractivity contribution in [2.45, 2.75) is 101 Å². The number of carbonyl (C=O) groups excluding carboxylic acids is 2. The number of aryl methyl sites for hydroxylation is 3. The van der Waals surface area contributed by atoms with Gasteiger partial charge in [0.25, 0.3) is 5.91 Å². The van der Waals surface area contributed by atoms with E-state index in [1.165, 1.54) is 11.1 Å². The van der Waals surface area contributed by atoms with Crippen LogP contribution in [0.2, 0.25) is 5.02 Å². The van der Waals surface area contributed by atoms with Crippen molar-refractivity contribution in [1.82, 2.24) is 14.5 Å². The standard InChI is InChI=1S/C40H50ClN5O5S/c1-5-45-21-19-31(42-45)13-18-38(47)43-52(49)27(3)26(2)8-6-10-36(50-4)32-14-16-34(32)46-24-40(20-7-9-28-22-30(41)12-15-33(28)40)25-51-37-17-11-29(23-35(37)46)39(48)44-52/h6,10-12,15,17,19,21-23,26-27,32,34,36H,5,7-9,13-14,16,18,20,24-25H2,1-4H3,(H,43,44,47,48,49)/b10-6+/t26-,27+,32+,34?,36-,40-,52?/m0/s1. The van der Waals surface area contributed by atoms with Gasteiger partial charge in [-0.3, -0.25) is 19.0 Å². The van der Waals surface area contributed by atoms with Crippen LogP contribution < -0.4 is 14.4 Å². The van der Waals surface area contributed by atoms with Crippen LogP contribution in [0, 0.1) is 11.8 Å². The smallest absolute Gasteiger partial charge is 0.286 e. The van der Waals surface area contributed by atoms with Gasteiger partial charge in [0, 0.05) is 67.2 Å². The van der Waals surface area contributed by atoms with Crippen molar-refractivity contribution in [2.24, 2.45) is 16.2 Å². The van der Waals surface area contributed by atoms with Gasteiger partial charge in [0.1, 0.15) is 15.7 Å². The minimum atomic E-state index is -3.54. The molecule has 3 heterocycles. The van der Waals surface area contributed by atoms with Crippen molar-refractivity contribution in [3.8, 4) is 5.75 Å². The highest BCUT2D eigenvalue weighted by Gasteiger charge is 2.48. The molecule has 7 atom stereocenters. The number of nitrogens with one attached hydrogen (secondary N) is 1. The average molecular weight is 748 g/mol. The average Bonchev–Trinajstić information content (AvgIpc) is 3.53. The summed E-state index contributed by atoms with van der Waals surface area (Å²) in [7, 11) is -1.78. The minimum Gasteiger partial charge on any atom is -0.490 e. The molecule has 2 bridgehead atoms. The van der Waals surface area contributed by atoms with Crippen molar-refractivity contribution in [1.29, 1.82) is 0 Å². The minimum absolute atomic E-state index is 0.0724. The van der Waals surface area contributed by atoms with E-state index < -0.39 is 27.0 Å². The number of benzene rings is 2. The highest BCUT2D eigenvalue weighted by atomic mass is 35.5. The molecule has 0 saturated heterocycles. The Bertz CT molecular complexity index is 1990. The van der Waals surface area contributed by atoms with Crippen LogP contribution in [0.1, 0.15) is 86.5 Å². The summed E-state index contributed by atoms with van der Waals surface area (Å²) in [5, 5.41) is 4.59. The van der Waals surface area contributed by atoms with E-state index in [0.717, 1.165) is 55.1 Å². The summed E-state index contributed by atoms with van der Waals surface area (Å²) in [5.74, 6) is -0.288. The molecule has 10 nitrogen and oxygen atoms in total. The van der Waals surface area contributed by atoms with Crippen LogP contribution in [-0.2, 0) is 44.2 Å². The molecule has 1 spiro atoms. The normalized spacial score (nSPS) is 30.7. The fourth-order valence-electron chi connectivity index (χ4n) is 8.47. The summed E-state index contributed by atoms with van der Waals surface area (Å²) in [4.78, 5) is 29.9. The maximum Gasteiger partial charge on any atom is 0.286 e. The highest BCUT2D eigenvalue weighted by molar-refractivity contribution is 7.93. The number of allylic oxidation sites excluding steroid dienone is 1. The molecule has 2 unspecified atom stereocenters. The first-order chi connectivity index (χ1) is 25.0. The number of carbonyl (C=O) groups is 2. The molecular formula is C40H50ClN5O5S. The van der Waals surface area contributed by atoms with E-state index in [1.54, 1.807) is 24.8 Å². The van der Waals surface area contributed by atoms with E-state index in [1.807, 2.05) is 44.3 Å². The van der Waals surface area contributed by atoms with E-state index in [0.29, 0.717) is 37.3 Å². The first-order valence-corrected chi connectivity index (χ1v) is 20.6. The maximum absolute atomic E-state index is 14.8. The summed E-state index contributed by atoms with van der Waals surface area (Å²) in [6.45, 7) is 7.72. The van der Waals surface area contributed by atoms with Gasteiger partial charge < -0.3 is 14.4 Å². The number of fused-ring (bicyclic) bond motifs is 5. The van der Waals surface area contributed by atoms with Gasteiger partial charge in [-0.15, -0.1) is 4.36 Å². The van der Waals surface area contributed by atoms with Crippen molar-refractivity contribution in [3.05, 3.63) is 88.2 Å². The molecule has 2 aromatic carbocycles. The Morgan fingerprint density at radius 2 is 2.02 bits per heavy atom. The molecule has 12 heteroatoms. The molecule has 1 fully saturated rings. The lowest BCUT2D eigenvalue weighted by Gasteiger charge is -2.50. The lowest BCUT2D eigenvalue weighted by atomic mass is 9.68. The Hall–Kier alpha value is -3.67. The number of halogens is 1. The van der Waals surface area contributed by atoms with Gasteiger partial charge >= 0.3 is 0 Å². The lowest BCUT2D eigenvalue weighted by molar-refractivity contribution is -0.119. The van der Waals surface area contributed by atoms with Crippen molar-refractivity contribution in [2.75, 3.05) is 25.2 Å². The molecule has 7 rings (SSSR count). The molecule has 2 amide bonds. The molecule has 3 aromatic rings. The van der Waals surface area contributed by atoms with Crippen LogP contribution in [-0.4, -0.2) is 63.5 Å². The monoisotopic (exact) mass is 747 g/mol. The van der Waals surface area contributed by atoms with Crippen molar-refractivity contribution < 1.29 is 23.3 Å². The largest absolute Gasteiger partial charge is 0.490 e. The van der Waals surface area contributed by atoms with E-state index >= 15 is 0 Å². The van der Waals surface area contributed by atoms with E-state index in [4.69, 9.17) is 21.1 Å². The number of anilines is 1. The molecule has 4 aliphatic rings. The first kappa shape index (κ1) is 36.7. The maximum atomic E-state index is 14.8. The molecule has 278 valence electrons. The number of methoxy groups -OCH3 is 1. The zero-order chi connectivity index (χ0) is 36.6. The second-order valence-corrected chi connectivity index (χ2v) is 17.7. The predicted octanol–water partition coefficient (Wildman–Crippen LogP) is 7.08. The summed E-state index contributed by atoms with van der Waals surface area (Å²) in [6, 6.07) is 13.7. The fraction of sp³-hybridized carbons (Fsp3) is 0.525. The third-order valence-electron chi connectivity index (χ3n) is 11.9. The molecule has 52 heavy (non-hydrogen) atoms. The van der Waals surface area contributed by atoms with Gasteiger partial charge in [-0.1, -0.05) is 36.7 Å². The van der Waals surface area contributed by atoms with Gasteiger partial charge in [-0.05, 0) is 106 Å². The predicted molar refractivity (Wildman–Crippen MR) is 204 cm³/mol. The van der Waals surface area contributed by atoms with Crippen LogP contribution in [0.5, 0.6) is 5.75 Å². The Labute approximate surface area is 312 Å². The number of ether oxygens (including phenoxy) is 2. The molecule has 1 saturated carbocycles. The molecule has 2 aliphatic carbocycles. The SMILES string of the molecule is CCn1ccc(CCC(=O)NS2(=O)=NC(=O)c3ccc4c(c3)N(C[C@@]3(CCCc5cc(Cl)ccc53)CO4)C3CC[C@H]3[C@@H](OC)/C=C/C[C@H](C)[C@H]2C)n1. The van der Waals surface area contributed by atoms with Gasteiger partial charge in [-0.2, -0.15) is 5.10 Å². The molecule has 1 N–H and O–H groups in total. The van der Waals surface area contributed by atoms with Gasteiger partial charge in [0.15, 0.2) is 0 Å². The van der Waals surface area contributed by atoms with E-state index in [2.05, 4.69) is 43.4 Å². The molecular weight excluding hydrogens is 698 g/mol. The second kappa shape index (κ2) is 15.0. The number of hydrogen-bond donors (Lipinski definition) is 1. The summed E-state index contributed by atoms with van der Waals surface area (Å²) >= 11 is 6.47. The summed E-state index contributed by atoms with van der Waals surface area (Å²) in [5.41, 5.74) is 4.17. The number of amides is 2. The van der Waals surface area contributed by atoms with Crippen LogP contribution in [0.15, 0.2) is 65.2 Å². The van der Waals surface area contributed by atoms with Gasteiger partial charge in [0.2, 0.25) is 5.91 Å². The number of aromatic nitrogens is 2. The number of hydrogen-bond acceptors (Lipinski definition) is 7. The Balaban J connectivity index is 1.27. The van der Waals surface area contributed by atoms with Crippen molar-refractivity contribution in [3.63, 3.8) is 0 Å². The molecule has 2 aliphatic heterocycles. The Morgan fingerprint density at radius 1 is 1.17 bits per heavy atom.